The summed E-state index contributed by atoms with van der Waals surface area (Å²) in [5, 5.41) is 3.20. The van der Waals surface area contributed by atoms with E-state index < -0.39 is 0 Å². The Bertz CT molecular complexity index is 187. The van der Waals surface area contributed by atoms with Gasteiger partial charge in [-0.25, -0.2) is 0 Å². The van der Waals surface area contributed by atoms with Crippen LogP contribution in [0.1, 0.15) is 45.4 Å². The Kier molecular flexibility index (Phi) is 4.07. The van der Waals surface area contributed by atoms with E-state index in [4.69, 9.17) is 0 Å². The largest absolute Gasteiger partial charge is 0.364 e. The summed E-state index contributed by atoms with van der Waals surface area (Å²) in [5.41, 5.74) is 2.14. The zero-order valence-corrected chi connectivity index (χ0v) is 8.73. The minimum Gasteiger partial charge on any atom is -0.364 e. The first-order valence-electron chi connectivity index (χ1n) is 5.29. The molecule has 0 heterocycles. The zero-order valence-electron chi connectivity index (χ0n) is 8.73. The molecule has 0 radical (unpaired) electrons. The van der Waals surface area contributed by atoms with Gasteiger partial charge in [-0.3, -0.25) is 0 Å². The summed E-state index contributed by atoms with van der Waals surface area (Å²) in [5.74, 6) is 0.869. The van der Waals surface area contributed by atoms with Crippen molar-refractivity contribution >= 4 is 0 Å². The van der Waals surface area contributed by atoms with Gasteiger partial charge in [0.2, 0.25) is 0 Å². The first-order valence-corrected chi connectivity index (χ1v) is 5.29. The molecule has 0 unspecified atom stereocenters. The Labute approximate surface area is 81.9 Å². The molecule has 1 N–H and O–H groups in total. The minimum atomic E-state index is 0.869. The van der Waals surface area contributed by atoms with Gasteiger partial charge in [0.05, 0.1) is 0 Å². The maximum Gasteiger partial charge on any atom is 0.00781 e. The maximum absolute atomic E-state index is 4.02. The Morgan fingerprint density at radius 3 is 2.38 bits per heavy atom. The molecule has 0 aromatic carbocycles. The fourth-order valence-electron chi connectivity index (χ4n) is 2.09. The molecular weight excluding hydrogens is 158 g/mol. The van der Waals surface area contributed by atoms with E-state index in [1.54, 1.807) is 0 Å². The van der Waals surface area contributed by atoms with Crippen LogP contribution in [0, 0.1) is 5.92 Å². The van der Waals surface area contributed by atoms with Crippen LogP contribution in [0.2, 0.25) is 0 Å². The molecule has 74 valence electrons. The van der Waals surface area contributed by atoms with Crippen molar-refractivity contribution in [2.45, 2.75) is 45.4 Å². The highest BCUT2D eigenvalue weighted by Crippen LogP contribution is 2.27. The van der Waals surface area contributed by atoms with Crippen LogP contribution in [0.5, 0.6) is 0 Å². The molecule has 1 nitrogen and oxygen atoms in total. The van der Waals surface area contributed by atoms with E-state index in [-0.39, 0.29) is 0 Å². The van der Waals surface area contributed by atoms with Crippen molar-refractivity contribution in [2.24, 2.45) is 5.92 Å². The lowest BCUT2D eigenvalue weighted by Crippen LogP contribution is -2.14. The molecule has 0 aromatic rings. The van der Waals surface area contributed by atoms with E-state index in [2.05, 4.69) is 18.5 Å². The Hall–Kier alpha value is -0.720. The van der Waals surface area contributed by atoms with Crippen LogP contribution in [0.3, 0.4) is 0 Å². The summed E-state index contributed by atoms with van der Waals surface area (Å²) in [4.78, 5) is 0. The van der Waals surface area contributed by atoms with Gasteiger partial charge in [-0.2, -0.15) is 0 Å². The molecule has 0 spiro atoms. The summed E-state index contributed by atoms with van der Waals surface area (Å²) in [6.45, 7) is 9.81. The predicted molar refractivity (Wildman–Crippen MR) is 58.3 cm³/mol. The SMILES string of the molecule is C=C(C)NC(=C)CC1CCCCC1. The lowest BCUT2D eigenvalue weighted by molar-refractivity contribution is 0.352. The van der Waals surface area contributed by atoms with E-state index >= 15 is 0 Å². The van der Waals surface area contributed by atoms with Gasteiger partial charge in [0.1, 0.15) is 0 Å². The van der Waals surface area contributed by atoms with E-state index in [0.717, 1.165) is 23.7 Å². The van der Waals surface area contributed by atoms with Crippen LogP contribution in [0.15, 0.2) is 24.6 Å². The Morgan fingerprint density at radius 1 is 1.23 bits per heavy atom. The molecule has 0 saturated heterocycles. The lowest BCUT2D eigenvalue weighted by atomic mass is 9.86. The number of hydrogen-bond acceptors (Lipinski definition) is 1. The summed E-state index contributed by atoms with van der Waals surface area (Å²) in [7, 11) is 0. The van der Waals surface area contributed by atoms with Crippen molar-refractivity contribution in [3.63, 3.8) is 0 Å². The van der Waals surface area contributed by atoms with E-state index in [9.17, 15) is 0 Å². The fraction of sp³-hybridized carbons (Fsp3) is 0.667. The molecular formula is C12H21N. The third kappa shape index (κ3) is 4.16. The highest BCUT2D eigenvalue weighted by molar-refractivity contribution is 5.03. The van der Waals surface area contributed by atoms with Gasteiger partial charge in [-0.05, 0) is 19.3 Å². The van der Waals surface area contributed by atoms with E-state index in [1.165, 1.54) is 32.1 Å². The summed E-state index contributed by atoms with van der Waals surface area (Å²) >= 11 is 0. The fourth-order valence-corrected chi connectivity index (χ4v) is 2.09. The Morgan fingerprint density at radius 2 is 1.85 bits per heavy atom. The molecule has 1 saturated carbocycles. The second-order valence-corrected chi connectivity index (χ2v) is 4.22. The van der Waals surface area contributed by atoms with E-state index in [0.29, 0.717) is 0 Å². The molecule has 1 aliphatic rings. The third-order valence-corrected chi connectivity index (χ3v) is 2.65. The normalized spacial score (nSPS) is 18.2. The van der Waals surface area contributed by atoms with Crippen molar-refractivity contribution in [3.05, 3.63) is 24.6 Å². The minimum absolute atomic E-state index is 0.869. The predicted octanol–water partition coefficient (Wildman–Crippen LogP) is 3.59. The number of nitrogens with one attached hydrogen (secondary N) is 1. The van der Waals surface area contributed by atoms with Crippen LogP contribution in [0.25, 0.3) is 0 Å². The highest BCUT2D eigenvalue weighted by atomic mass is 14.9. The van der Waals surface area contributed by atoms with Gasteiger partial charge >= 0.3 is 0 Å². The van der Waals surface area contributed by atoms with Crippen LogP contribution in [0.4, 0.5) is 0 Å². The molecule has 0 aromatic heterocycles. The van der Waals surface area contributed by atoms with Gasteiger partial charge in [0.25, 0.3) is 0 Å². The second kappa shape index (κ2) is 5.11. The molecule has 13 heavy (non-hydrogen) atoms. The molecule has 1 heteroatoms. The second-order valence-electron chi connectivity index (χ2n) is 4.22. The molecule has 0 amide bonds. The molecule has 1 rings (SSSR count). The van der Waals surface area contributed by atoms with Gasteiger partial charge < -0.3 is 5.32 Å². The van der Waals surface area contributed by atoms with Crippen LogP contribution in [-0.4, -0.2) is 0 Å². The lowest BCUT2D eigenvalue weighted by Gasteiger charge is -2.22. The average molecular weight is 179 g/mol. The van der Waals surface area contributed by atoms with Gasteiger partial charge in [-0.15, -0.1) is 0 Å². The van der Waals surface area contributed by atoms with Crippen molar-refractivity contribution in [2.75, 3.05) is 0 Å². The van der Waals surface area contributed by atoms with Crippen molar-refractivity contribution in [1.82, 2.24) is 5.32 Å². The van der Waals surface area contributed by atoms with Crippen molar-refractivity contribution in [3.8, 4) is 0 Å². The smallest absolute Gasteiger partial charge is 0.00781 e. The molecule has 0 aliphatic heterocycles. The van der Waals surface area contributed by atoms with Crippen LogP contribution in [-0.2, 0) is 0 Å². The molecule has 1 fully saturated rings. The summed E-state index contributed by atoms with van der Waals surface area (Å²) < 4.78 is 0. The number of hydrogen-bond donors (Lipinski definition) is 1. The monoisotopic (exact) mass is 179 g/mol. The third-order valence-electron chi connectivity index (χ3n) is 2.65. The standard InChI is InChI=1S/C12H21N/c1-10(2)13-11(3)9-12-7-5-4-6-8-12/h12-13H,1,3-9H2,2H3. The van der Waals surface area contributed by atoms with Gasteiger partial charge in [0, 0.05) is 11.4 Å². The average Bonchev–Trinajstić information content (AvgIpc) is 2.04. The number of allylic oxidation sites excluding steroid dienone is 2. The first-order chi connectivity index (χ1) is 6.18. The van der Waals surface area contributed by atoms with Gasteiger partial charge in [0.15, 0.2) is 0 Å². The molecule has 0 atom stereocenters. The zero-order chi connectivity index (χ0) is 9.68. The molecule has 1 aliphatic carbocycles. The van der Waals surface area contributed by atoms with Crippen LogP contribution < -0.4 is 5.32 Å². The summed E-state index contributed by atoms with van der Waals surface area (Å²) in [6, 6.07) is 0. The van der Waals surface area contributed by atoms with Gasteiger partial charge in [-0.1, -0.05) is 45.3 Å². The van der Waals surface area contributed by atoms with Crippen LogP contribution >= 0.6 is 0 Å². The highest BCUT2D eigenvalue weighted by Gasteiger charge is 2.13. The topological polar surface area (TPSA) is 12.0 Å². The van der Waals surface area contributed by atoms with Crippen molar-refractivity contribution in [1.29, 1.82) is 0 Å². The quantitative estimate of drug-likeness (QED) is 0.695. The Balaban J connectivity index is 2.22. The van der Waals surface area contributed by atoms with E-state index in [1.807, 2.05) is 6.92 Å². The first kappa shape index (κ1) is 10.4. The maximum atomic E-state index is 4.02. The molecule has 0 bridgehead atoms. The number of rotatable bonds is 4. The van der Waals surface area contributed by atoms with Crippen molar-refractivity contribution < 1.29 is 0 Å². The summed E-state index contributed by atoms with van der Waals surface area (Å²) in [6.07, 6.45) is 8.15.